The third kappa shape index (κ3) is 9.91. The van der Waals surface area contributed by atoms with Gasteiger partial charge in [-0.2, -0.15) is 0 Å². The minimum atomic E-state index is -0.642. The molecule has 4 aliphatic heterocycles. The van der Waals surface area contributed by atoms with Crippen molar-refractivity contribution in [1.82, 2.24) is 29.6 Å². The van der Waals surface area contributed by atoms with E-state index in [-0.39, 0.29) is 33.9 Å². The first-order valence-corrected chi connectivity index (χ1v) is 17.2. The Labute approximate surface area is 295 Å². The van der Waals surface area contributed by atoms with E-state index in [4.69, 9.17) is 33.0 Å². The first kappa shape index (κ1) is 38.0. The predicted octanol–water partition coefficient (Wildman–Crippen LogP) is 4.64. The molecule has 0 spiro atoms. The summed E-state index contributed by atoms with van der Waals surface area (Å²) in [6.07, 6.45) is 6.26. The average Bonchev–Trinajstić information content (AvgIpc) is 3.71. The first-order chi connectivity index (χ1) is 23.6. The van der Waals surface area contributed by atoms with Gasteiger partial charge in [-0.25, -0.2) is 9.97 Å². The standard InChI is InChI=1S/C16H21ClN4O3.C13H15ClN4O3.C3H8O/c1-2-9-24-15-6-4-13(21(22)23)16-19(7-8-20(15)16)11-12-3-5-14(17)18-10-12;14-11-3-1-9(7-15-11)8-16-5-6-17-12(19)4-2-10(13(16)17)18(20)21;1-2-3-4/h3,5,10,15H,2,4,6-9,11H2,1H3;1,3,7,12,19H,2,4-6,8H2;4H,2-3H2,1H3. The highest BCUT2D eigenvalue weighted by molar-refractivity contribution is 6.29. The number of hydrogen-bond acceptors (Lipinski definition) is 13. The number of ether oxygens (including phenoxy) is 1. The largest absolute Gasteiger partial charge is 0.396 e. The van der Waals surface area contributed by atoms with Crippen molar-refractivity contribution in [2.75, 3.05) is 39.4 Å². The normalized spacial score (nSPS) is 20.0. The van der Waals surface area contributed by atoms with Crippen LogP contribution in [0, 0.1) is 20.2 Å². The van der Waals surface area contributed by atoms with Crippen molar-refractivity contribution in [3.05, 3.63) is 101 Å². The molecular formula is C32H44Cl2N8O7. The Morgan fingerprint density at radius 2 is 1.31 bits per heavy atom. The maximum atomic E-state index is 11.5. The molecule has 2 fully saturated rings. The number of rotatable bonds is 10. The molecular weight excluding hydrogens is 679 g/mol. The maximum Gasteiger partial charge on any atom is 0.286 e. The Hall–Kier alpha value is -3.76. The fourth-order valence-electron chi connectivity index (χ4n) is 6.09. The molecule has 0 saturated carbocycles. The van der Waals surface area contributed by atoms with Gasteiger partial charge >= 0.3 is 0 Å². The summed E-state index contributed by atoms with van der Waals surface area (Å²) in [5.74, 6) is 1.23. The average molecular weight is 724 g/mol. The van der Waals surface area contributed by atoms with Crippen LogP contribution in [0.15, 0.2) is 59.7 Å². The summed E-state index contributed by atoms with van der Waals surface area (Å²) in [7, 11) is 0. The van der Waals surface area contributed by atoms with Crippen molar-refractivity contribution >= 4 is 23.2 Å². The lowest BCUT2D eigenvalue weighted by Crippen LogP contribution is -2.40. The van der Waals surface area contributed by atoms with Gasteiger partial charge in [0, 0.05) is 90.6 Å². The van der Waals surface area contributed by atoms with Gasteiger partial charge in [0.2, 0.25) is 0 Å². The number of pyridine rings is 2. The maximum absolute atomic E-state index is 11.5. The van der Waals surface area contributed by atoms with Gasteiger partial charge in [-0.1, -0.05) is 49.2 Å². The second-order valence-corrected chi connectivity index (χ2v) is 12.6. The van der Waals surface area contributed by atoms with Crippen molar-refractivity contribution in [2.45, 2.75) is 77.9 Å². The van der Waals surface area contributed by atoms with Crippen LogP contribution in [0.2, 0.25) is 10.3 Å². The van der Waals surface area contributed by atoms with Crippen LogP contribution >= 0.6 is 23.2 Å². The number of nitro groups is 2. The third-order valence-electron chi connectivity index (χ3n) is 8.36. The lowest BCUT2D eigenvalue weighted by Gasteiger charge is -2.34. The van der Waals surface area contributed by atoms with E-state index in [1.165, 1.54) is 0 Å². The summed E-state index contributed by atoms with van der Waals surface area (Å²) in [6, 6.07) is 7.19. The van der Waals surface area contributed by atoms with Crippen molar-refractivity contribution in [3.63, 3.8) is 0 Å². The molecule has 15 nitrogen and oxygen atoms in total. The number of aliphatic hydroxyl groups is 2. The molecule has 2 aromatic rings. The summed E-state index contributed by atoms with van der Waals surface area (Å²) in [5.41, 5.74) is 2.37. The molecule has 6 rings (SSSR count). The number of halogens is 2. The van der Waals surface area contributed by atoms with Crippen LogP contribution in [0.25, 0.3) is 0 Å². The minimum Gasteiger partial charge on any atom is -0.396 e. The highest BCUT2D eigenvalue weighted by Crippen LogP contribution is 2.35. The Morgan fingerprint density at radius 3 is 1.76 bits per heavy atom. The van der Waals surface area contributed by atoms with Crippen LogP contribution in [-0.4, -0.2) is 101 Å². The number of nitrogens with zero attached hydrogens (tertiary/aromatic N) is 8. The molecule has 0 aliphatic carbocycles. The van der Waals surface area contributed by atoms with Gasteiger partial charge in [0.15, 0.2) is 11.6 Å². The van der Waals surface area contributed by atoms with Crippen molar-refractivity contribution in [1.29, 1.82) is 0 Å². The molecule has 0 amide bonds. The molecule has 0 bridgehead atoms. The minimum absolute atomic E-state index is 0.0722. The molecule has 268 valence electrons. The quantitative estimate of drug-likeness (QED) is 0.197. The zero-order valence-electron chi connectivity index (χ0n) is 27.8. The zero-order chi connectivity index (χ0) is 35.5. The molecule has 2 aromatic heterocycles. The van der Waals surface area contributed by atoms with Gasteiger partial charge in [0.1, 0.15) is 22.8 Å². The SMILES string of the molecule is CCCO.CCCOC1CCC([N+](=O)[O-])=C2N(Cc3ccc(Cl)nc3)CCN21.O=[N+]([O-])C1=C2N(Cc3ccc(Cl)nc3)CCN2C(O)CC1. The first-order valence-electron chi connectivity index (χ1n) is 16.5. The fraction of sp³-hybridized carbons (Fsp3) is 0.562. The predicted molar refractivity (Wildman–Crippen MR) is 183 cm³/mol. The van der Waals surface area contributed by atoms with E-state index in [0.717, 1.165) is 37.1 Å². The van der Waals surface area contributed by atoms with Crippen LogP contribution in [0.1, 0.15) is 63.5 Å². The second-order valence-electron chi connectivity index (χ2n) is 11.9. The molecule has 2 unspecified atom stereocenters. The van der Waals surface area contributed by atoms with Gasteiger partial charge in [-0.15, -0.1) is 0 Å². The summed E-state index contributed by atoms with van der Waals surface area (Å²) in [4.78, 5) is 37.9. The lowest BCUT2D eigenvalue weighted by atomic mass is 10.1. The van der Waals surface area contributed by atoms with Crippen LogP contribution in [0.5, 0.6) is 0 Å². The highest BCUT2D eigenvalue weighted by atomic mass is 35.5. The summed E-state index contributed by atoms with van der Waals surface area (Å²) >= 11 is 11.6. The monoisotopic (exact) mass is 722 g/mol. The summed E-state index contributed by atoms with van der Waals surface area (Å²) < 4.78 is 5.90. The second kappa shape index (κ2) is 18.3. The van der Waals surface area contributed by atoms with E-state index in [9.17, 15) is 25.3 Å². The van der Waals surface area contributed by atoms with Crippen LogP contribution in [0.3, 0.4) is 0 Å². The van der Waals surface area contributed by atoms with E-state index in [2.05, 4.69) is 16.9 Å². The smallest absolute Gasteiger partial charge is 0.286 e. The van der Waals surface area contributed by atoms with E-state index >= 15 is 0 Å². The van der Waals surface area contributed by atoms with Gasteiger partial charge in [0.05, 0.1) is 9.85 Å². The number of allylic oxidation sites excluding steroid dienone is 2. The molecule has 0 radical (unpaired) electrons. The topological polar surface area (TPSA) is 175 Å². The Kier molecular flexibility index (Phi) is 14.2. The summed E-state index contributed by atoms with van der Waals surface area (Å²) in [6.45, 7) is 8.79. The number of aliphatic hydroxyl groups excluding tert-OH is 2. The number of fused-ring (bicyclic) bond motifs is 2. The molecule has 4 aliphatic rings. The number of hydrogen-bond donors (Lipinski definition) is 2. The molecule has 2 atom stereocenters. The van der Waals surface area contributed by atoms with Crippen LogP contribution < -0.4 is 0 Å². The Balaban J connectivity index is 0.000000201. The van der Waals surface area contributed by atoms with Crippen molar-refractivity contribution in [3.8, 4) is 0 Å². The van der Waals surface area contributed by atoms with Gasteiger partial charge in [0.25, 0.3) is 11.4 Å². The molecule has 17 heteroatoms. The van der Waals surface area contributed by atoms with Crippen LogP contribution in [-0.2, 0) is 17.8 Å². The summed E-state index contributed by atoms with van der Waals surface area (Å²) in [5, 5.41) is 41.5. The van der Waals surface area contributed by atoms with E-state index in [1.807, 2.05) is 33.8 Å². The number of aromatic nitrogens is 2. The van der Waals surface area contributed by atoms with Gasteiger partial charge < -0.3 is 34.5 Å². The molecule has 49 heavy (non-hydrogen) atoms. The highest BCUT2D eigenvalue weighted by Gasteiger charge is 2.42. The van der Waals surface area contributed by atoms with E-state index in [0.29, 0.717) is 80.6 Å². The third-order valence-corrected chi connectivity index (χ3v) is 8.81. The Bertz CT molecular complexity index is 1480. The molecule has 2 saturated heterocycles. The van der Waals surface area contributed by atoms with Gasteiger partial charge in [-0.05, 0) is 36.1 Å². The van der Waals surface area contributed by atoms with Crippen molar-refractivity contribution in [2.24, 2.45) is 0 Å². The fourth-order valence-corrected chi connectivity index (χ4v) is 6.32. The lowest BCUT2D eigenvalue weighted by molar-refractivity contribution is -0.433. The van der Waals surface area contributed by atoms with Crippen molar-refractivity contribution < 1.29 is 24.8 Å². The van der Waals surface area contributed by atoms with E-state index < -0.39 is 6.23 Å². The molecule has 0 aromatic carbocycles. The molecule has 2 N–H and O–H groups in total. The zero-order valence-corrected chi connectivity index (χ0v) is 29.3. The van der Waals surface area contributed by atoms with Gasteiger partial charge in [-0.3, -0.25) is 20.2 Å². The Morgan fingerprint density at radius 1 is 0.816 bits per heavy atom. The van der Waals surface area contributed by atoms with E-state index in [1.54, 1.807) is 29.4 Å². The van der Waals surface area contributed by atoms with Crippen LogP contribution in [0.4, 0.5) is 0 Å². The molecule has 6 heterocycles.